The number of aliphatic carboxylic acids is 1. The van der Waals surface area contributed by atoms with E-state index in [-0.39, 0.29) is 12.8 Å². The zero-order valence-electron chi connectivity index (χ0n) is 20.0. The summed E-state index contributed by atoms with van der Waals surface area (Å²) in [5, 5.41) is 20.1. The molecule has 0 aromatic heterocycles. The minimum absolute atomic E-state index is 0.0113. The number of nitrogens with zero attached hydrogens (tertiary/aromatic N) is 2. The first-order chi connectivity index (χ1) is 16.8. The molecule has 0 saturated carbocycles. The van der Waals surface area contributed by atoms with E-state index in [4.69, 9.17) is 29.8 Å². The lowest BCUT2D eigenvalue weighted by molar-refractivity contribution is -0.137. The Hall–Kier alpha value is -4.12. The van der Waals surface area contributed by atoms with Gasteiger partial charge in [0.2, 0.25) is 11.7 Å². The quantitative estimate of drug-likeness (QED) is 0.439. The summed E-state index contributed by atoms with van der Waals surface area (Å²) in [6, 6.07) is 7.88. The SMILES string of the molecule is COc1ccc(C2=C(c3cc(OC)c(OC)c(OC)c3)N=NC2)cc1NC(=O)C(N)CCC(=O)O. The number of carboxylic acids is 1. The molecule has 11 heteroatoms. The maximum Gasteiger partial charge on any atom is 0.303 e. The molecule has 1 amide bonds. The molecule has 3 rings (SSSR count). The number of anilines is 1. The van der Waals surface area contributed by atoms with Gasteiger partial charge in [-0.2, -0.15) is 10.2 Å². The maximum atomic E-state index is 12.5. The van der Waals surface area contributed by atoms with E-state index in [1.807, 2.05) is 6.07 Å². The lowest BCUT2D eigenvalue weighted by Gasteiger charge is -2.16. The highest BCUT2D eigenvalue weighted by Crippen LogP contribution is 2.43. The lowest BCUT2D eigenvalue weighted by atomic mass is 9.99. The number of nitrogens with two attached hydrogens (primary N) is 1. The molecule has 1 aliphatic heterocycles. The van der Waals surface area contributed by atoms with Crippen LogP contribution in [-0.4, -0.2) is 58.0 Å². The fourth-order valence-corrected chi connectivity index (χ4v) is 3.62. The van der Waals surface area contributed by atoms with Crippen molar-refractivity contribution in [3.8, 4) is 23.0 Å². The summed E-state index contributed by atoms with van der Waals surface area (Å²) in [4.78, 5) is 23.3. The predicted octanol–water partition coefficient (Wildman–Crippen LogP) is 3.19. The second-order valence-corrected chi connectivity index (χ2v) is 7.58. The molecule has 0 fully saturated rings. The Labute approximate surface area is 202 Å². The number of azo groups is 1. The average Bonchev–Trinajstić information content (AvgIpc) is 3.36. The van der Waals surface area contributed by atoms with Crippen LogP contribution in [0.1, 0.15) is 24.0 Å². The minimum atomic E-state index is -1.02. The van der Waals surface area contributed by atoms with E-state index in [0.717, 1.165) is 11.1 Å². The van der Waals surface area contributed by atoms with Gasteiger partial charge < -0.3 is 35.1 Å². The number of rotatable bonds is 11. The summed E-state index contributed by atoms with van der Waals surface area (Å²) in [5.74, 6) is 0.315. The van der Waals surface area contributed by atoms with Crippen LogP contribution in [-0.2, 0) is 9.59 Å². The number of carboxylic acid groups (broad SMARTS) is 1. The normalized spacial score (nSPS) is 13.4. The number of carbonyl (C=O) groups is 2. The number of hydrogen-bond acceptors (Lipinski definition) is 9. The molecule has 35 heavy (non-hydrogen) atoms. The number of methoxy groups -OCH3 is 4. The zero-order valence-corrected chi connectivity index (χ0v) is 20.0. The Morgan fingerprint density at radius 3 is 2.23 bits per heavy atom. The lowest BCUT2D eigenvalue weighted by Crippen LogP contribution is -2.36. The van der Waals surface area contributed by atoms with Crippen LogP contribution in [0.5, 0.6) is 23.0 Å². The van der Waals surface area contributed by atoms with Crippen molar-refractivity contribution in [2.24, 2.45) is 16.0 Å². The monoisotopic (exact) mass is 484 g/mol. The number of benzene rings is 2. The fourth-order valence-electron chi connectivity index (χ4n) is 3.62. The maximum absolute atomic E-state index is 12.5. The molecule has 1 heterocycles. The van der Waals surface area contributed by atoms with Crippen molar-refractivity contribution < 1.29 is 33.6 Å². The first-order valence-corrected chi connectivity index (χ1v) is 10.7. The van der Waals surface area contributed by atoms with Crippen molar-refractivity contribution in [1.29, 1.82) is 0 Å². The Kier molecular flexibility index (Phi) is 8.26. The molecule has 0 radical (unpaired) electrons. The van der Waals surface area contributed by atoms with Crippen LogP contribution in [0.4, 0.5) is 5.69 Å². The standard InChI is InChI=1S/C24H28N4O7/c1-32-18-7-5-13(9-17(18)27-24(31)16(25)6-8-21(29)30)15-12-26-28-22(15)14-10-19(33-2)23(35-4)20(11-14)34-3/h5,7,9-11,16H,6,8,12,25H2,1-4H3,(H,27,31)(H,29,30). The summed E-state index contributed by atoms with van der Waals surface area (Å²) in [6.45, 7) is 0.323. The molecule has 2 aromatic rings. The third kappa shape index (κ3) is 5.69. The van der Waals surface area contributed by atoms with Crippen LogP contribution < -0.4 is 30.0 Å². The smallest absolute Gasteiger partial charge is 0.303 e. The topological polar surface area (TPSA) is 154 Å². The molecular formula is C24H28N4O7. The van der Waals surface area contributed by atoms with Crippen LogP contribution in [0.15, 0.2) is 40.6 Å². The summed E-state index contributed by atoms with van der Waals surface area (Å²) in [7, 11) is 6.08. The van der Waals surface area contributed by atoms with Gasteiger partial charge in [-0.05, 0) is 36.2 Å². The first-order valence-electron chi connectivity index (χ1n) is 10.7. The number of hydrogen-bond donors (Lipinski definition) is 3. The molecule has 1 unspecified atom stereocenters. The van der Waals surface area contributed by atoms with Gasteiger partial charge in [0.25, 0.3) is 0 Å². The highest BCUT2D eigenvalue weighted by molar-refractivity contribution is 5.98. The number of carbonyl (C=O) groups excluding carboxylic acids is 1. The number of ether oxygens (including phenoxy) is 4. The van der Waals surface area contributed by atoms with E-state index >= 15 is 0 Å². The zero-order chi connectivity index (χ0) is 25.5. The van der Waals surface area contributed by atoms with Crippen LogP contribution in [0.2, 0.25) is 0 Å². The van der Waals surface area contributed by atoms with Crippen molar-refractivity contribution >= 4 is 28.8 Å². The summed E-state index contributed by atoms with van der Waals surface area (Å²) < 4.78 is 21.7. The van der Waals surface area contributed by atoms with E-state index in [9.17, 15) is 9.59 Å². The van der Waals surface area contributed by atoms with E-state index < -0.39 is 17.9 Å². The Morgan fingerprint density at radius 2 is 1.66 bits per heavy atom. The molecule has 0 aliphatic carbocycles. The molecule has 186 valence electrons. The molecule has 0 bridgehead atoms. The minimum Gasteiger partial charge on any atom is -0.495 e. The Bertz CT molecular complexity index is 1150. The van der Waals surface area contributed by atoms with Gasteiger partial charge >= 0.3 is 5.97 Å². The number of nitrogens with one attached hydrogen (secondary N) is 1. The second kappa shape index (κ2) is 11.3. The summed E-state index contributed by atoms with van der Waals surface area (Å²) in [6.07, 6.45) is -0.197. The third-order valence-electron chi connectivity index (χ3n) is 5.44. The second-order valence-electron chi connectivity index (χ2n) is 7.58. The fraction of sp³-hybridized carbons (Fsp3) is 0.333. The van der Waals surface area contributed by atoms with Crippen LogP contribution in [0.25, 0.3) is 11.3 Å². The van der Waals surface area contributed by atoms with Gasteiger partial charge in [0.05, 0.1) is 52.4 Å². The first kappa shape index (κ1) is 25.5. The number of amides is 1. The van der Waals surface area contributed by atoms with Crippen molar-refractivity contribution in [2.45, 2.75) is 18.9 Å². The van der Waals surface area contributed by atoms with Crippen LogP contribution >= 0.6 is 0 Å². The largest absolute Gasteiger partial charge is 0.495 e. The van der Waals surface area contributed by atoms with E-state index in [2.05, 4.69) is 15.5 Å². The van der Waals surface area contributed by atoms with E-state index in [1.165, 1.54) is 28.4 Å². The van der Waals surface area contributed by atoms with Gasteiger partial charge in [-0.3, -0.25) is 9.59 Å². The van der Waals surface area contributed by atoms with Gasteiger partial charge in [-0.15, -0.1) is 0 Å². The predicted molar refractivity (Wildman–Crippen MR) is 129 cm³/mol. The van der Waals surface area contributed by atoms with Crippen molar-refractivity contribution in [2.75, 3.05) is 40.3 Å². The Morgan fingerprint density at radius 1 is 1.00 bits per heavy atom. The molecule has 11 nitrogen and oxygen atoms in total. The summed E-state index contributed by atoms with van der Waals surface area (Å²) in [5.41, 5.74) is 9.15. The van der Waals surface area contributed by atoms with Crippen molar-refractivity contribution in [3.63, 3.8) is 0 Å². The molecular weight excluding hydrogens is 456 g/mol. The third-order valence-corrected chi connectivity index (χ3v) is 5.44. The molecule has 2 aromatic carbocycles. The molecule has 1 aliphatic rings. The molecule has 1 atom stereocenters. The molecule has 0 saturated heterocycles. The van der Waals surface area contributed by atoms with Gasteiger partial charge in [0, 0.05) is 17.6 Å². The summed E-state index contributed by atoms with van der Waals surface area (Å²) >= 11 is 0. The van der Waals surface area contributed by atoms with E-state index in [0.29, 0.717) is 46.5 Å². The van der Waals surface area contributed by atoms with Crippen LogP contribution in [0.3, 0.4) is 0 Å². The molecule has 0 spiro atoms. The highest BCUT2D eigenvalue weighted by atomic mass is 16.5. The van der Waals surface area contributed by atoms with Crippen LogP contribution in [0, 0.1) is 0 Å². The van der Waals surface area contributed by atoms with Gasteiger partial charge in [-0.1, -0.05) is 6.07 Å². The highest BCUT2D eigenvalue weighted by Gasteiger charge is 2.23. The Balaban J connectivity index is 1.99. The van der Waals surface area contributed by atoms with Crippen molar-refractivity contribution in [3.05, 3.63) is 41.5 Å². The van der Waals surface area contributed by atoms with Gasteiger partial charge in [-0.25, -0.2) is 0 Å². The van der Waals surface area contributed by atoms with E-state index in [1.54, 1.807) is 24.3 Å². The van der Waals surface area contributed by atoms with Gasteiger partial charge in [0.15, 0.2) is 11.5 Å². The average molecular weight is 485 g/mol. The molecule has 4 N–H and O–H groups in total. The van der Waals surface area contributed by atoms with Crippen molar-refractivity contribution in [1.82, 2.24) is 0 Å². The van der Waals surface area contributed by atoms with Gasteiger partial charge in [0.1, 0.15) is 5.75 Å².